The fourth-order valence-corrected chi connectivity index (χ4v) is 2.43. The Labute approximate surface area is 153 Å². The molecule has 0 unspecified atom stereocenters. The van der Waals surface area contributed by atoms with Crippen LogP contribution in [-0.4, -0.2) is 18.9 Å². The van der Waals surface area contributed by atoms with Gasteiger partial charge in [-0.25, -0.2) is 0 Å². The number of hydrogen-bond donors (Lipinski definition) is 2. The molecule has 126 valence electrons. The van der Waals surface area contributed by atoms with Crippen LogP contribution in [0.15, 0.2) is 36.4 Å². The maximum absolute atomic E-state index is 12.0. The standard InChI is InChI=1S/C16H13Cl3N2O3/c1-24-13-6-5-9(17)7-12(13)21-15(23)8-14(22)20-11-4-2-3-10(18)16(11)19/h2-7H,8H2,1H3,(H,20,22)(H,21,23). The van der Waals surface area contributed by atoms with Gasteiger partial charge >= 0.3 is 0 Å². The minimum absolute atomic E-state index is 0.212. The minimum Gasteiger partial charge on any atom is -0.495 e. The summed E-state index contributed by atoms with van der Waals surface area (Å²) >= 11 is 17.7. The van der Waals surface area contributed by atoms with Gasteiger partial charge in [0.25, 0.3) is 0 Å². The summed E-state index contributed by atoms with van der Waals surface area (Å²) in [6.07, 6.45) is -0.404. The summed E-state index contributed by atoms with van der Waals surface area (Å²) in [7, 11) is 1.47. The number of hydrogen-bond acceptors (Lipinski definition) is 3. The van der Waals surface area contributed by atoms with Crippen LogP contribution < -0.4 is 15.4 Å². The maximum Gasteiger partial charge on any atom is 0.233 e. The molecule has 2 rings (SSSR count). The highest BCUT2D eigenvalue weighted by Crippen LogP contribution is 2.30. The molecule has 2 amide bonds. The molecular formula is C16H13Cl3N2O3. The third-order valence-electron chi connectivity index (χ3n) is 2.98. The van der Waals surface area contributed by atoms with Crippen LogP contribution in [0.5, 0.6) is 5.75 Å². The van der Waals surface area contributed by atoms with Gasteiger partial charge in [-0.15, -0.1) is 0 Å². The Hall–Kier alpha value is -1.95. The zero-order chi connectivity index (χ0) is 17.7. The van der Waals surface area contributed by atoms with E-state index in [2.05, 4.69) is 10.6 Å². The van der Waals surface area contributed by atoms with Crippen molar-refractivity contribution in [1.29, 1.82) is 0 Å². The average Bonchev–Trinajstić information content (AvgIpc) is 2.52. The number of carbonyl (C=O) groups is 2. The van der Waals surface area contributed by atoms with Crippen LogP contribution in [0.25, 0.3) is 0 Å². The third kappa shape index (κ3) is 4.77. The monoisotopic (exact) mass is 386 g/mol. The van der Waals surface area contributed by atoms with Crippen LogP contribution in [0.3, 0.4) is 0 Å². The van der Waals surface area contributed by atoms with Crippen LogP contribution in [0.1, 0.15) is 6.42 Å². The van der Waals surface area contributed by atoms with Crippen molar-refractivity contribution >= 4 is 58.0 Å². The molecule has 0 saturated heterocycles. The molecule has 0 bridgehead atoms. The lowest BCUT2D eigenvalue weighted by Crippen LogP contribution is -2.21. The first-order chi connectivity index (χ1) is 11.4. The van der Waals surface area contributed by atoms with Crippen LogP contribution in [0.2, 0.25) is 15.1 Å². The van der Waals surface area contributed by atoms with Crippen molar-refractivity contribution < 1.29 is 14.3 Å². The number of ether oxygens (including phenoxy) is 1. The third-order valence-corrected chi connectivity index (χ3v) is 4.04. The van der Waals surface area contributed by atoms with E-state index in [-0.39, 0.29) is 5.02 Å². The topological polar surface area (TPSA) is 67.4 Å². The van der Waals surface area contributed by atoms with Crippen molar-refractivity contribution in [2.24, 2.45) is 0 Å². The number of benzene rings is 2. The van der Waals surface area contributed by atoms with E-state index in [1.54, 1.807) is 30.3 Å². The molecule has 0 radical (unpaired) electrons. The number of halogens is 3. The Morgan fingerprint density at radius 3 is 2.33 bits per heavy atom. The van der Waals surface area contributed by atoms with Crippen LogP contribution in [0.4, 0.5) is 11.4 Å². The van der Waals surface area contributed by atoms with E-state index < -0.39 is 18.2 Å². The molecule has 2 N–H and O–H groups in total. The van der Waals surface area contributed by atoms with E-state index in [0.717, 1.165) is 0 Å². The molecule has 2 aromatic carbocycles. The minimum atomic E-state index is -0.530. The van der Waals surface area contributed by atoms with Gasteiger partial charge in [0.05, 0.1) is 28.5 Å². The molecule has 0 aliphatic rings. The first kappa shape index (κ1) is 18.4. The second-order valence-electron chi connectivity index (χ2n) is 4.72. The highest BCUT2D eigenvalue weighted by Gasteiger charge is 2.14. The number of anilines is 2. The number of methoxy groups -OCH3 is 1. The Bertz CT molecular complexity index is 781. The molecule has 0 aromatic heterocycles. The molecule has 0 saturated carbocycles. The summed E-state index contributed by atoms with van der Waals surface area (Å²) in [4.78, 5) is 24.0. The lowest BCUT2D eigenvalue weighted by atomic mass is 10.2. The summed E-state index contributed by atoms with van der Waals surface area (Å²) in [6, 6.07) is 9.60. The number of amides is 2. The lowest BCUT2D eigenvalue weighted by Gasteiger charge is -2.11. The van der Waals surface area contributed by atoms with Crippen LogP contribution >= 0.6 is 34.8 Å². The molecule has 0 fully saturated rings. The second-order valence-corrected chi connectivity index (χ2v) is 5.94. The predicted octanol–water partition coefficient (Wildman–Crippen LogP) is 4.62. The summed E-state index contributed by atoms with van der Waals surface area (Å²) in [5, 5.41) is 6.06. The molecule has 8 heteroatoms. The van der Waals surface area contributed by atoms with E-state index in [4.69, 9.17) is 39.5 Å². The first-order valence-corrected chi connectivity index (χ1v) is 7.91. The summed E-state index contributed by atoms with van der Waals surface area (Å²) in [6.45, 7) is 0. The molecule has 24 heavy (non-hydrogen) atoms. The van der Waals surface area contributed by atoms with Crippen molar-refractivity contribution in [2.45, 2.75) is 6.42 Å². The Balaban J connectivity index is 2.01. The van der Waals surface area contributed by atoms with Crippen molar-refractivity contribution in [3.8, 4) is 5.75 Å². The van der Waals surface area contributed by atoms with Gasteiger partial charge in [0.1, 0.15) is 12.2 Å². The van der Waals surface area contributed by atoms with E-state index in [9.17, 15) is 9.59 Å². The average molecular weight is 388 g/mol. The lowest BCUT2D eigenvalue weighted by molar-refractivity contribution is -0.123. The predicted molar refractivity (Wildman–Crippen MR) is 96.3 cm³/mol. The zero-order valence-corrected chi connectivity index (χ0v) is 14.8. The SMILES string of the molecule is COc1ccc(Cl)cc1NC(=O)CC(=O)Nc1cccc(Cl)c1Cl. The molecule has 5 nitrogen and oxygen atoms in total. The van der Waals surface area contributed by atoms with Gasteiger partial charge in [0.15, 0.2) is 0 Å². The smallest absolute Gasteiger partial charge is 0.233 e. The fourth-order valence-electron chi connectivity index (χ4n) is 1.91. The van der Waals surface area contributed by atoms with E-state index in [1.165, 1.54) is 13.2 Å². The Kier molecular flexibility index (Phi) is 6.31. The normalized spacial score (nSPS) is 10.2. The summed E-state index contributed by atoms with van der Waals surface area (Å²) in [5.74, 6) is -0.616. The molecule has 0 aliphatic carbocycles. The van der Waals surface area contributed by atoms with Gasteiger partial charge in [-0.2, -0.15) is 0 Å². The fraction of sp³-hybridized carbons (Fsp3) is 0.125. The second kappa shape index (κ2) is 8.24. The summed E-state index contributed by atoms with van der Waals surface area (Å²) < 4.78 is 5.12. The Morgan fingerprint density at radius 2 is 1.67 bits per heavy atom. The van der Waals surface area contributed by atoms with E-state index in [1.807, 2.05) is 0 Å². The molecule has 0 heterocycles. The highest BCUT2D eigenvalue weighted by molar-refractivity contribution is 6.44. The van der Waals surface area contributed by atoms with Crippen molar-refractivity contribution in [2.75, 3.05) is 17.7 Å². The van der Waals surface area contributed by atoms with Gasteiger partial charge < -0.3 is 15.4 Å². The number of rotatable bonds is 5. The van der Waals surface area contributed by atoms with Gasteiger partial charge in [-0.3, -0.25) is 9.59 Å². The van der Waals surface area contributed by atoms with Gasteiger partial charge in [0.2, 0.25) is 11.8 Å². The highest BCUT2D eigenvalue weighted by atomic mass is 35.5. The zero-order valence-electron chi connectivity index (χ0n) is 12.5. The van der Waals surface area contributed by atoms with E-state index >= 15 is 0 Å². The van der Waals surface area contributed by atoms with Crippen LogP contribution in [0, 0.1) is 0 Å². The molecule has 0 atom stereocenters. The van der Waals surface area contributed by atoms with Gasteiger partial charge in [0, 0.05) is 5.02 Å². The van der Waals surface area contributed by atoms with Gasteiger partial charge in [-0.05, 0) is 30.3 Å². The van der Waals surface area contributed by atoms with Crippen molar-refractivity contribution in [3.63, 3.8) is 0 Å². The number of nitrogens with one attached hydrogen (secondary N) is 2. The first-order valence-electron chi connectivity index (χ1n) is 6.78. The number of carbonyl (C=O) groups excluding carboxylic acids is 2. The van der Waals surface area contributed by atoms with E-state index in [0.29, 0.717) is 27.2 Å². The quantitative estimate of drug-likeness (QED) is 0.735. The summed E-state index contributed by atoms with van der Waals surface area (Å²) in [5.41, 5.74) is 0.714. The largest absolute Gasteiger partial charge is 0.495 e. The van der Waals surface area contributed by atoms with Gasteiger partial charge in [-0.1, -0.05) is 40.9 Å². The molecule has 0 spiro atoms. The molecule has 2 aromatic rings. The molecule has 0 aliphatic heterocycles. The Morgan fingerprint density at radius 1 is 1.00 bits per heavy atom. The maximum atomic E-state index is 12.0. The van der Waals surface area contributed by atoms with Crippen molar-refractivity contribution in [1.82, 2.24) is 0 Å². The molecular weight excluding hydrogens is 375 g/mol. The van der Waals surface area contributed by atoms with Crippen LogP contribution in [-0.2, 0) is 9.59 Å². The van der Waals surface area contributed by atoms with Crippen molar-refractivity contribution in [3.05, 3.63) is 51.5 Å².